The summed E-state index contributed by atoms with van der Waals surface area (Å²) in [6.45, 7) is 8.23. The lowest BCUT2D eigenvalue weighted by Gasteiger charge is -2.20. The van der Waals surface area contributed by atoms with Gasteiger partial charge in [-0.05, 0) is 44.4 Å². The second-order valence-electron chi connectivity index (χ2n) is 7.52. The number of methoxy groups -OCH3 is 1. The SMILES string of the molecule is CCc1cccc(-c2cnc(C(=O)OC)c(NCCNC(=O)OC(C)(C)C)c2)c1. The fourth-order valence-electron chi connectivity index (χ4n) is 2.66. The van der Waals surface area contributed by atoms with Crippen molar-refractivity contribution in [3.63, 3.8) is 0 Å². The Bertz CT molecular complexity index is 859. The minimum Gasteiger partial charge on any atom is -0.464 e. The van der Waals surface area contributed by atoms with Crippen LogP contribution in [0.4, 0.5) is 10.5 Å². The molecule has 0 aliphatic carbocycles. The van der Waals surface area contributed by atoms with Crippen molar-refractivity contribution in [3.8, 4) is 11.1 Å². The highest BCUT2D eigenvalue weighted by Gasteiger charge is 2.17. The van der Waals surface area contributed by atoms with Crippen LogP contribution in [0.1, 0.15) is 43.7 Å². The number of nitrogens with one attached hydrogen (secondary N) is 2. The smallest absolute Gasteiger partial charge is 0.407 e. The first-order chi connectivity index (χ1) is 13.7. The quantitative estimate of drug-likeness (QED) is 0.540. The summed E-state index contributed by atoms with van der Waals surface area (Å²) >= 11 is 0. The van der Waals surface area contributed by atoms with Crippen molar-refractivity contribution < 1.29 is 19.1 Å². The average Bonchev–Trinajstić information content (AvgIpc) is 2.69. The van der Waals surface area contributed by atoms with Gasteiger partial charge in [-0.1, -0.05) is 31.2 Å². The molecule has 156 valence electrons. The number of benzene rings is 1. The van der Waals surface area contributed by atoms with Crippen LogP contribution >= 0.6 is 0 Å². The predicted molar refractivity (Wildman–Crippen MR) is 113 cm³/mol. The number of alkyl carbamates (subject to hydrolysis) is 1. The van der Waals surface area contributed by atoms with Gasteiger partial charge in [-0.15, -0.1) is 0 Å². The first kappa shape index (κ1) is 22.2. The van der Waals surface area contributed by atoms with E-state index in [4.69, 9.17) is 9.47 Å². The molecule has 1 aromatic carbocycles. The number of aromatic nitrogens is 1. The zero-order chi connectivity index (χ0) is 21.4. The van der Waals surface area contributed by atoms with Crippen LogP contribution in [0.3, 0.4) is 0 Å². The van der Waals surface area contributed by atoms with Crippen LogP contribution in [0.25, 0.3) is 11.1 Å². The van der Waals surface area contributed by atoms with Gasteiger partial charge in [0.05, 0.1) is 12.8 Å². The molecule has 29 heavy (non-hydrogen) atoms. The molecule has 0 unspecified atom stereocenters. The molecule has 0 saturated heterocycles. The summed E-state index contributed by atoms with van der Waals surface area (Å²) in [5, 5.41) is 5.83. The van der Waals surface area contributed by atoms with Gasteiger partial charge in [-0.25, -0.2) is 14.6 Å². The van der Waals surface area contributed by atoms with Gasteiger partial charge in [0.2, 0.25) is 0 Å². The van der Waals surface area contributed by atoms with Gasteiger partial charge in [0.1, 0.15) is 5.60 Å². The van der Waals surface area contributed by atoms with Crippen LogP contribution in [0.15, 0.2) is 36.5 Å². The molecule has 0 saturated carbocycles. The van der Waals surface area contributed by atoms with Crippen LogP contribution in [0.2, 0.25) is 0 Å². The van der Waals surface area contributed by atoms with Gasteiger partial charge in [-0.3, -0.25) is 0 Å². The van der Waals surface area contributed by atoms with E-state index in [0.717, 1.165) is 17.5 Å². The summed E-state index contributed by atoms with van der Waals surface area (Å²) in [4.78, 5) is 28.1. The van der Waals surface area contributed by atoms with Gasteiger partial charge < -0.3 is 20.1 Å². The van der Waals surface area contributed by atoms with E-state index in [9.17, 15) is 9.59 Å². The molecule has 0 atom stereocenters. The topological polar surface area (TPSA) is 89.5 Å². The fourth-order valence-corrected chi connectivity index (χ4v) is 2.66. The lowest BCUT2D eigenvalue weighted by atomic mass is 10.0. The van der Waals surface area contributed by atoms with Crippen molar-refractivity contribution in [2.75, 3.05) is 25.5 Å². The predicted octanol–water partition coefficient (Wildman–Crippen LogP) is 4.03. The van der Waals surface area contributed by atoms with E-state index in [0.29, 0.717) is 18.8 Å². The number of carbonyl (C=O) groups is 2. The summed E-state index contributed by atoms with van der Waals surface area (Å²) in [6, 6.07) is 10.0. The Morgan fingerprint density at radius 1 is 1.10 bits per heavy atom. The maximum atomic E-state index is 12.1. The van der Waals surface area contributed by atoms with Crippen molar-refractivity contribution >= 4 is 17.7 Å². The van der Waals surface area contributed by atoms with Crippen LogP contribution in [-0.4, -0.2) is 42.8 Å². The molecule has 0 radical (unpaired) electrons. The van der Waals surface area contributed by atoms with E-state index in [2.05, 4.69) is 34.7 Å². The number of esters is 1. The van der Waals surface area contributed by atoms with E-state index in [1.54, 1.807) is 27.0 Å². The Balaban J connectivity index is 2.13. The third-order valence-electron chi connectivity index (χ3n) is 4.04. The number of aryl methyl sites for hydroxylation is 1. The van der Waals surface area contributed by atoms with Gasteiger partial charge in [-0.2, -0.15) is 0 Å². The van der Waals surface area contributed by atoms with Crippen molar-refractivity contribution in [1.82, 2.24) is 10.3 Å². The normalized spacial score (nSPS) is 10.9. The molecule has 2 aromatic rings. The lowest BCUT2D eigenvalue weighted by molar-refractivity contribution is 0.0528. The molecule has 0 bridgehead atoms. The summed E-state index contributed by atoms with van der Waals surface area (Å²) in [5.41, 5.74) is 3.30. The zero-order valence-corrected chi connectivity index (χ0v) is 17.7. The standard InChI is InChI=1S/C22H29N3O4/c1-6-15-8-7-9-16(12-15)17-13-18(19(25-14-17)20(26)28-5)23-10-11-24-21(27)29-22(2,3)4/h7-9,12-14,23H,6,10-11H2,1-5H3,(H,24,27). The number of amides is 1. The maximum absolute atomic E-state index is 12.1. The van der Waals surface area contributed by atoms with Crippen molar-refractivity contribution in [2.45, 2.75) is 39.7 Å². The van der Waals surface area contributed by atoms with Crippen molar-refractivity contribution in [1.29, 1.82) is 0 Å². The number of carbonyl (C=O) groups excluding carboxylic acids is 2. The van der Waals surface area contributed by atoms with Crippen LogP contribution in [0, 0.1) is 0 Å². The van der Waals surface area contributed by atoms with Crippen LogP contribution < -0.4 is 10.6 Å². The highest BCUT2D eigenvalue weighted by Crippen LogP contribution is 2.25. The van der Waals surface area contributed by atoms with Crippen LogP contribution in [-0.2, 0) is 15.9 Å². The lowest BCUT2D eigenvalue weighted by Crippen LogP contribution is -2.35. The number of hydrogen-bond donors (Lipinski definition) is 2. The molecule has 7 nitrogen and oxygen atoms in total. The number of nitrogens with zero attached hydrogens (tertiary/aromatic N) is 1. The van der Waals surface area contributed by atoms with E-state index < -0.39 is 17.7 Å². The minimum atomic E-state index is -0.555. The molecule has 1 heterocycles. The molecule has 2 rings (SSSR count). The number of anilines is 1. The summed E-state index contributed by atoms with van der Waals surface area (Å²) < 4.78 is 10.0. The molecule has 0 fully saturated rings. The molecular formula is C22H29N3O4. The Morgan fingerprint density at radius 3 is 2.52 bits per heavy atom. The second kappa shape index (κ2) is 9.91. The van der Waals surface area contributed by atoms with Crippen molar-refractivity contribution in [3.05, 3.63) is 47.8 Å². The molecule has 1 amide bonds. The van der Waals surface area contributed by atoms with E-state index >= 15 is 0 Å². The average molecular weight is 399 g/mol. The molecule has 0 spiro atoms. The van der Waals surface area contributed by atoms with E-state index in [1.165, 1.54) is 12.7 Å². The highest BCUT2D eigenvalue weighted by atomic mass is 16.6. The fraction of sp³-hybridized carbons (Fsp3) is 0.409. The third-order valence-corrected chi connectivity index (χ3v) is 4.04. The number of rotatable bonds is 7. The summed E-state index contributed by atoms with van der Waals surface area (Å²) in [7, 11) is 1.32. The molecule has 0 aliphatic heterocycles. The minimum absolute atomic E-state index is 0.195. The Morgan fingerprint density at radius 2 is 1.86 bits per heavy atom. The maximum Gasteiger partial charge on any atom is 0.407 e. The van der Waals surface area contributed by atoms with Gasteiger partial charge >= 0.3 is 12.1 Å². The molecular weight excluding hydrogens is 370 g/mol. The van der Waals surface area contributed by atoms with Gasteiger partial charge in [0.25, 0.3) is 0 Å². The second-order valence-corrected chi connectivity index (χ2v) is 7.52. The van der Waals surface area contributed by atoms with Crippen molar-refractivity contribution in [2.24, 2.45) is 0 Å². The third kappa shape index (κ3) is 6.78. The summed E-state index contributed by atoms with van der Waals surface area (Å²) in [5.74, 6) is -0.526. The Hall–Kier alpha value is -3.09. The first-order valence-corrected chi connectivity index (χ1v) is 9.62. The zero-order valence-electron chi connectivity index (χ0n) is 17.7. The van der Waals surface area contributed by atoms with Crippen LogP contribution in [0.5, 0.6) is 0 Å². The Kier molecular flexibility index (Phi) is 7.59. The molecule has 7 heteroatoms. The van der Waals surface area contributed by atoms with Gasteiger partial charge in [0, 0.05) is 24.8 Å². The van der Waals surface area contributed by atoms with E-state index in [1.807, 2.05) is 18.2 Å². The largest absolute Gasteiger partial charge is 0.464 e. The molecule has 2 N–H and O–H groups in total. The van der Waals surface area contributed by atoms with E-state index in [-0.39, 0.29) is 5.69 Å². The molecule has 1 aromatic heterocycles. The first-order valence-electron chi connectivity index (χ1n) is 9.62. The summed E-state index contributed by atoms with van der Waals surface area (Å²) in [6.07, 6.45) is 2.10. The number of ether oxygens (including phenoxy) is 2. The Labute approximate surface area is 171 Å². The monoisotopic (exact) mass is 399 g/mol. The highest BCUT2D eigenvalue weighted by molar-refractivity contribution is 5.94. The molecule has 0 aliphatic rings. The number of pyridine rings is 1. The van der Waals surface area contributed by atoms with Gasteiger partial charge in [0.15, 0.2) is 5.69 Å². The number of hydrogen-bond acceptors (Lipinski definition) is 6.